The zero-order valence-electron chi connectivity index (χ0n) is 5.87. The van der Waals surface area contributed by atoms with E-state index in [1.807, 2.05) is 0 Å². The molecule has 0 aromatic rings. The van der Waals surface area contributed by atoms with Crippen molar-refractivity contribution >= 4 is 15.9 Å². The van der Waals surface area contributed by atoms with Crippen molar-refractivity contribution in [3.05, 3.63) is 0 Å². The number of halogens is 2. The second kappa shape index (κ2) is 6.53. The van der Waals surface area contributed by atoms with E-state index in [9.17, 15) is 4.39 Å². The first-order valence-electron chi connectivity index (χ1n) is 3.51. The van der Waals surface area contributed by atoms with E-state index in [1.54, 1.807) is 0 Å². The summed E-state index contributed by atoms with van der Waals surface area (Å²) in [6.07, 6.45) is 3.46. The Kier molecular flexibility index (Phi) is 6.83. The lowest BCUT2D eigenvalue weighted by atomic mass is 10.1. The van der Waals surface area contributed by atoms with Gasteiger partial charge in [0, 0.05) is 5.33 Å². The summed E-state index contributed by atoms with van der Waals surface area (Å²) in [6, 6.07) is 0. The summed E-state index contributed by atoms with van der Waals surface area (Å²) in [7, 11) is 0. The molecular formula is C7H14BrF. The third-order valence-corrected chi connectivity index (χ3v) is 1.99. The highest BCUT2D eigenvalue weighted by Crippen LogP contribution is 2.07. The zero-order valence-corrected chi connectivity index (χ0v) is 7.45. The van der Waals surface area contributed by atoms with Crippen LogP contribution in [-0.4, -0.2) is 11.5 Å². The molecule has 0 saturated heterocycles. The number of hydrogen-bond donors (Lipinski definition) is 0. The van der Waals surface area contributed by atoms with Crippen molar-refractivity contribution in [2.75, 3.05) is 5.33 Å². The van der Waals surface area contributed by atoms with E-state index in [2.05, 4.69) is 22.9 Å². The van der Waals surface area contributed by atoms with Gasteiger partial charge >= 0.3 is 0 Å². The molecule has 1 unspecified atom stereocenters. The number of alkyl halides is 2. The first kappa shape index (κ1) is 9.41. The summed E-state index contributed by atoms with van der Waals surface area (Å²) in [4.78, 5) is 0. The van der Waals surface area contributed by atoms with Crippen LogP contribution in [0, 0.1) is 0 Å². The fourth-order valence-electron chi connectivity index (χ4n) is 0.693. The molecule has 0 rings (SSSR count). The van der Waals surface area contributed by atoms with Crippen LogP contribution in [0.3, 0.4) is 0 Å². The molecule has 0 radical (unpaired) electrons. The van der Waals surface area contributed by atoms with Gasteiger partial charge in [0.1, 0.15) is 6.17 Å². The average molecular weight is 197 g/mol. The van der Waals surface area contributed by atoms with Gasteiger partial charge in [0.2, 0.25) is 0 Å². The van der Waals surface area contributed by atoms with Crippen molar-refractivity contribution in [2.24, 2.45) is 0 Å². The summed E-state index contributed by atoms with van der Waals surface area (Å²) in [5, 5.41) is 0.497. The van der Waals surface area contributed by atoms with E-state index < -0.39 is 6.17 Å². The van der Waals surface area contributed by atoms with Gasteiger partial charge in [-0.3, -0.25) is 0 Å². The molecule has 56 valence electrons. The molecule has 0 saturated carbocycles. The van der Waals surface area contributed by atoms with Gasteiger partial charge < -0.3 is 0 Å². The predicted molar refractivity (Wildman–Crippen MR) is 42.8 cm³/mol. The van der Waals surface area contributed by atoms with Crippen LogP contribution in [0.4, 0.5) is 4.39 Å². The van der Waals surface area contributed by atoms with Crippen molar-refractivity contribution < 1.29 is 4.39 Å². The number of unbranched alkanes of at least 4 members (excludes halogenated alkanes) is 2. The molecular weight excluding hydrogens is 183 g/mol. The molecule has 0 heterocycles. The Morgan fingerprint density at radius 1 is 1.44 bits per heavy atom. The first-order chi connectivity index (χ1) is 4.31. The summed E-state index contributed by atoms with van der Waals surface area (Å²) in [6.45, 7) is 2.13. The maximum absolute atomic E-state index is 12.4. The third kappa shape index (κ3) is 6.29. The van der Waals surface area contributed by atoms with Gasteiger partial charge in [-0.15, -0.1) is 0 Å². The van der Waals surface area contributed by atoms with Crippen LogP contribution in [0.1, 0.15) is 32.6 Å². The monoisotopic (exact) mass is 196 g/mol. The molecule has 0 aromatic carbocycles. The van der Waals surface area contributed by atoms with E-state index in [0.717, 1.165) is 19.3 Å². The van der Waals surface area contributed by atoms with E-state index in [-0.39, 0.29) is 0 Å². The van der Waals surface area contributed by atoms with E-state index >= 15 is 0 Å². The fourth-order valence-corrected chi connectivity index (χ4v) is 1.02. The van der Waals surface area contributed by atoms with Crippen LogP contribution >= 0.6 is 15.9 Å². The molecule has 0 aliphatic carbocycles. The van der Waals surface area contributed by atoms with Crippen LogP contribution in [0.2, 0.25) is 0 Å². The van der Waals surface area contributed by atoms with Gasteiger partial charge in [-0.05, 0) is 6.42 Å². The normalized spacial score (nSPS) is 13.7. The Morgan fingerprint density at radius 2 is 2.11 bits per heavy atom. The van der Waals surface area contributed by atoms with Gasteiger partial charge in [0.05, 0.1) is 0 Å². The minimum absolute atomic E-state index is 0.497. The van der Waals surface area contributed by atoms with Crippen molar-refractivity contribution in [1.82, 2.24) is 0 Å². The van der Waals surface area contributed by atoms with E-state index in [4.69, 9.17) is 0 Å². The second-order valence-electron chi connectivity index (χ2n) is 2.25. The quantitative estimate of drug-likeness (QED) is 0.468. The van der Waals surface area contributed by atoms with Gasteiger partial charge in [-0.25, -0.2) is 4.39 Å². The van der Waals surface area contributed by atoms with E-state index in [0.29, 0.717) is 5.33 Å². The number of hydrogen-bond acceptors (Lipinski definition) is 0. The molecule has 9 heavy (non-hydrogen) atoms. The second-order valence-corrected chi connectivity index (χ2v) is 2.89. The summed E-state index contributed by atoms with van der Waals surface area (Å²) in [5.41, 5.74) is 0. The van der Waals surface area contributed by atoms with Crippen molar-refractivity contribution in [3.8, 4) is 0 Å². The smallest absolute Gasteiger partial charge is 0.110 e. The Morgan fingerprint density at radius 3 is 2.56 bits per heavy atom. The minimum atomic E-state index is -0.628. The van der Waals surface area contributed by atoms with Crippen LogP contribution in [-0.2, 0) is 0 Å². The lowest BCUT2D eigenvalue weighted by Crippen LogP contribution is -1.99. The molecule has 0 aliphatic rings. The molecule has 0 amide bonds. The molecule has 0 aromatic heterocycles. The third-order valence-electron chi connectivity index (χ3n) is 1.29. The maximum atomic E-state index is 12.4. The summed E-state index contributed by atoms with van der Waals surface area (Å²) >= 11 is 3.09. The minimum Gasteiger partial charge on any atom is -0.247 e. The molecule has 0 fully saturated rings. The van der Waals surface area contributed by atoms with Crippen LogP contribution in [0.15, 0.2) is 0 Å². The van der Waals surface area contributed by atoms with Crippen LogP contribution in [0.5, 0.6) is 0 Å². The lowest BCUT2D eigenvalue weighted by Gasteiger charge is -2.01. The van der Waals surface area contributed by atoms with E-state index in [1.165, 1.54) is 6.42 Å². The highest BCUT2D eigenvalue weighted by atomic mass is 79.9. The van der Waals surface area contributed by atoms with Gasteiger partial charge in [-0.1, -0.05) is 42.1 Å². The van der Waals surface area contributed by atoms with Crippen LogP contribution < -0.4 is 0 Å². The highest BCUT2D eigenvalue weighted by Gasteiger charge is 2.01. The molecule has 0 aliphatic heterocycles. The first-order valence-corrected chi connectivity index (χ1v) is 4.63. The van der Waals surface area contributed by atoms with Gasteiger partial charge in [0.15, 0.2) is 0 Å². The fraction of sp³-hybridized carbons (Fsp3) is 1.00. The lowest BCUT2D eigenvalue weighted by molar-refractivity contribution is 0.338. The molecule has 2 heteroatoms. The highest BCUT2D eigenvalue weighted by molar-refractivity contribution is 9.09. The van der Waals surface area contributed by atoms with Crippen molar-refractivity contribution in [1.29, 1.82) is 0 Å². The SMILES string of the molecule is CCCCCC(F)CBr. The Hall–Kier alpha value is 0.410. The Labute approximate surface area is 65.0 Å². The number of rotatable bonds is 5. The molecule has 0 bridgehead atoms. The molecule has 0 spiro atoms. The Bertz CT molecular complexity index is 56.9. The summed E-state index contributed by atoms with van der Waals surface area (Å²) < 4.78 is 12.4. The van der Waals surface area contributed by atoms with Crippen molar-refractivity contribution in [3.63, 3.8) is 0 Å². The van der Waals surface area contributed by atoms with Crippen LogP contribution in [0.25, 0.3) is 0 Å². The maximum Gasteiger partial charge on any atom is 0.110 e. The zero-order chi connectivity index (χ0) is 7.11. The standard InChI is InChI=1S/C7H14BrF/c1-2-3-4-5-7(9)6-8/h7H,2-6H2,1H3. The molecule has 0 N–H and O–H groups in total. The Balaban J connectivity index is 2.88. The topological polar surface area (TPSA) is 0 Å². The predicted octanol–water partition coefficient (Wildman–Crippen LogP) is 3.30. The van der Waals surface area contributed by atoms with Crippen molar-refractivity contribution in [2.45, 2.75) is 38.8 Å². The molecule has 1 atom stereocenters. The van der Waals surface area contributed by atoms with Gasteiger partial charge in [0.25, 0.3) is 0 Å². The average Bonchev–Trinajstić information content (AvgIpc) is 1.89. The summed E-state index contributed by atoms with van der Waals surface area (Å²) in [5.74, 6) is 0. The van der Waals surface area contributed by atoms with Gasteiger partial charge in [-0.2, -0.15) is 0 Å². The molecule has 0 nitrogen and oxygen atoms in total. The largest absolute Gasteiger partial charge is 0.247 e.